The zero-order chi connectivity index (χ0) is 15.5. The van der Waals surface area contributed by atoms with Gasteiger partial charge in [-0.2, -0.15) is 0 Å². The van der Waals surface area contributed by atoms with Crippen LogP contribution in [0.2, 0.25) is 0 Å². The Bertz CT molecular complexity index is 482. The Morgan fingerprint density at radius 2 is 2.00 bits per heavy atom. The lowest BCUT2D eigenvalue weighted by Gasteiger charge is -2.32. The summed E-state index contributed by atoms with van der Waals surface area (Å²) in [7, 11) is 0. The van der Waals surface area contributed by atoms with Gasteiger partial charge in [-0.25, -0.2) is 0 Å². The van der Waals surface area contributed by atoms with E-state index in [9.17, 15) is 13.2 Å². The number of hydrogen-bond donors (Lipinski definition) is 2. The first-order valence-corrected chi connectivity index (χ1v) is 7.70. The molecular formula is C14H18BrF3N2O. The molecular weight excluding hydrogens is 349 g/mol. The third-order valence-electron chi connectivity index (χ3n) is 3.72. The third-order valence-corrected chi connectivity index (χ3v) is 4.34. The van der Waals surface area contributed by atoms with E-state index in [1.54, 1.807) is 12.1 Å². The number of ether oxygens (including phenoxy) is 1. The van der Waals surface area contributed by atoms with Crippen molar-refractivity contribution >= 4 is 21.6 Å². The van der Waals surface area contributed by atoms with Crippen molar-refractivity contribution in [1.29, 1.82) is 0 Å². The SMILES string of the molecule is NCC1CCCCC1Nc1ccc(OC(F)(F)F)c(Br)c1. The van der Waals surface area contributed by atoms with Gasteiger partial charge in [-0.05, 0) is 59.4 Å². The molecule has 3 nitrogen and oxygen atoms in total. The van der Waals surface area contributed by atoms with E-state index in [4.69, 9.17) is 5.73 Å². The van der Waals surface area contributed by atoms with Crippen LogP contribution in [-0.4, -0.2) is 18.9 Å². The van der Waals surface area contributed by atoms with Gasteiger partial charge in [0.05, 0.1) is 4.47 Å². The van der Waals surface area contributed by atoms with E-state index in [1.165, 1.54) is 12.5 Å². The average Bonchev–Trinajstić information content (AvgIpc) is 2.41. The molecule has 1 aromatic carbocycles. The van der Waals surface area contributed by atoms with Crippen LogP contribution < -0.4 is 15.8 Å². The molecule has 0 bridgehead atoms. The van der Waals surface area contributed by atoms with Crippen LogP contribution in [-0.2, 0) is 0 Å². The van der Waals surface area contributed by atoms with Crippen molar-refractivity contribution in [2.45, 2.75) is 38.1 Å². The molecule has 0 spiro atoms. The topological polar surface area (TPSA) is 47.3 Å². The number of hydrogen-bond acceptors (Lipinski definition) is 3. The Kier molecular flexibility index (Phi) is 5.37. The lowest BCUT2D eigenvalue weighted by Crippen LogP contribution is -2.36. The molecule has 0 aromatic heterocycles. The molecule has 21 heavy (non-hydrogen) atoms. The lowest BCUT2D eigenvalue weighted by molar-refractivity contribution is -0.274. The Morgan fingerprint density at radius 1 is 1.29 bits per heavy atom. The van der Waals surface area contributed by atoms with E-state index in [-0.39, 0.29) is 16.3 Å². The predicted molar refractivity (Wildman–Crippen MR) is 79.2 cm³/mol. The highest BCUT2D eigenvalue weighted by atomic mass is 79.9. The molecule has 1 aromatic rings. The van der Waals surface area contributed by atoms with Gasteiger partial charge in [-0.1, -0.05) is 12.8 Å². The number of rotatable bonds is 4. The number of halogens is 4. The van der Waals surface area contributed by atoms with Crippen molar-refractivity contribution in [3.05, 3.63) is 22.7 Å². The molecule has 1 saturated carbocycles. The highest BCUT2D eigenvalue weighted by Gasteiger charge is 2.32. The van der Waals surface area contributed by atoms with E-state index in [0.29, 0.717) is 12.5 Å². The molecule has 0 saturated heterocycles. The van der Waals surface area contributed by atoms with Gasteiger partial charge in [0.25, 0.3) is 0 Å². The predicted octanol–water partition coefficient (Wildman–Crippen LogP) is 4.28. The summed E-state index contributed by atoms with van der Waals surface area (Å²) in [5.74, 6) is 0.163. The number of alkyl halides is 3. The lowest BCUT2D eigenvalue weighted by atomic mass is 9.84. The minimum atomic E-state index is -4.69. The maximum atomic E-state index is 12.2. The highest BCUT2D eigenvalue weighted by molar-refractivity contribution is 9.10. The largest absolute Gasteiger partial charge is 0.573 e. The smallest absolute Gasteiger partial charge is 0.405 e. The standard InChI is InChI=1S/C14H18BrF3N2O/c15-11-7-10(5-6-13(11)21-14(16,17)18)20-12-4-2-1-3-9(12)8-19/h5-7,9,12,20H,1-4,8,19H2. The van der Waals surface area contributed by atoms with Gasteiger partial charge in [-0.3, -0.25) is 0 Å². The summed E-state index contributed by atoms with van der Waals surface area (Å²) in [5.41, 5.74) is 6.54. The maximum absolute atomic E-state index is 12.2. The Balaban J connectivity index is 2.06. The fourth-order valence-corrected chi connectivity index (χ4v) is 3.15. The minimum Gasteiger partial charge on any atom is -0.405 e. The fraction of sp³-hybridized carbons (Fsp3) is 0.571. The quantitative estimate of drug-likeness (QED) is 0.835. The minimum absolute atomic E-state index is 0.243. The molecule has 0 aliphatic heterocycles. The van der Waals surface area contributed by atoms with Crippen LogP contribution >= 0.6 is 15.9 Å². The molecule has 2 atom stereocenters. The Hall–Kier alpha value is -0.950. The number of nitrogens with two attached hydrogens (primary N) is 1. The van der Waals surface area contributed by atoms with Crippen LogP contribution in [0.15, 0.2) is 22.7 Å². The second-order valence-corrected chi connectivity index (χ2v) is 6.08. The van der Waals surface area contributed by atoms with E-state index in [0.717, 1.165) is 24.9 Å². The monoisotopic (exact) mass is 366 g/mol. The number of anilines is 1. The molecule has 2 rings (SSSR count). The first-order valence-electron chi connectivity index (χ1n) is 6.91. The third kappa shape index (κ3) is 4.78. The van der Waals surface area contributed by atoms with Gasteiger partial charge in [0.1, 0.15) is 5.75 Å². The Morgan fingerprint density at radius 3 is 2.62 bits per heavy atom. The first-order chi connectivity index (χ1) is 9.89. The van der Waals surface area contributed by atoms with Crippen LogP contribution in [0.5, 0.6) is 5.75 Å². The number of nitrogens with one attached hydrogen (secondary N) is 1. The number of benzene rings is 1. The molecule has 1 aliphatic carbocycles. The van der Waals surface area contributed by atoms with Crippen molar-refractivity contribution < 1.29 is 17.9 Å². The van der Waals surface area contributed by atoms with Gasteiger partial charge >= 0.3 is 6.36 Å². The molecule has 7 heteroatoms. The summed E-state index contributed by atoms with van der Waals surface area (Å²) in [6.45, 7) is 0.619. The van der Waals surface area contributed by atoms with E-state index < -0.39 is 6.36 Å². The molecule has 1 aliphatic rings. The van der Waals surface area contributed by atoms with Crippen molar-refractivity contribution in [2.75, 3.05) is 11.9 Å². The summed E-state index contributed by atoms with van der Waals surface area (Å²) < 4.78 is 40.9. The summed E-state index contributed by atoms with van der Waals surface area (Å²) in [6, 6.07) is 4.77. The molecule has 2 unspecified atom stereocenters. The Labute approximate surface area is 130 Å². The summed E-state index contributed by atoms with van der Waals surface area (Å²) in [4.78, 5) is 0. The molecule has 1 fully saturated rings. The van der Waals surface area contributed by atoms with Crippen LogP contribution in [0.25, 0.3) is 0 Å². The fourth-order valence-electron chi connectivity index (χ4n) is 2.69. The zero-order valence-corrected chi connectivity index (χ0v) is 13.0. The van der Waals surface area contributed by atoms with Crippen LogP contribution in [0.1, 0.15) is 25.7 Å². The molecule has 0 amide bonds. The summed E-state index contributed by atoms with van der Waals surface area (Å²) in [6.07, 6.45) is -0.247. The van der Waals surface area contributed by atoms with Gasteiger partial charge in [0.2, 0.25) is 0 Å². The van der Waals surface area contributed by atoms with Crippen LogP contribution in [0.4, 0.5) is 18.9 Å². The van der Waals surface area contributed by atoms with E-state index in [1.807, 2.05) is 0 Å². The molecule has 0 heterocycles. The van der Waals surface area contributed by atoms with Gasteiger partial charge < -0.3 is 15.8 Å². The first kappa shape index (κ1) is 16.4. The van der Waals surface area contributed by atoms with Crippen molar-refractivity contribution in [2.24, 2.45) is 11.7 Å². The summed E-state index contributed by atoms with van der Waals surface area (Å²) in [5, 5.41) is 3.37. The second kappa shape index (κ2) is 6.87. The molecule has 3 N–H and O–H groups in total. The van der Waals surface area contributed by atoms with Crippen LogP contribution in [0, 0.1) is 5.92 Å². The van der Waals surface area contributed by atoms with Crippen molar-refractivity contribution in [3.63, 3.8) is 0 Å². The highest BCUT2D eigenvalue weighted by Crippen LogP contribution is 2.34. The maximum Gasteiger partial charge on any atom is 0.573 e. The normalized spacial score (nSPS) is 22.9. The van der Waals surface area contributed by atoms with Crippen molar-refractivity contribution in [1.82, 2.24) is 0 Å². The van der Waals surface area contributed by atoms with Gasteiger partial charge in [0, 0.05) is 11.7 Å². The van der Waals surface area contributed by atoms with Gasteiger partial charge in [-0.15, -0.1) is 13.2 Å². The molecule has 0 radical (unpaired) electrons. The zero-order valence-electron chi connectivity index (χ0n) is 11.4. The van der Waals surface area contributed by atoms with Gasteiger partial charge in [0.15, 0.2) is 0 Å². The van der Waals surface area contributed by atoms with Crippen molar-refractivity contribution in [3.8, 4) is 5.75 Å². The van der Waals surface area contributed by atoms with E-state index >= 15 is 0 Å². The van der Waals surface area contributed by atoms with Crippen LogP contribution in [0.3, 0.4) is 0 Å². The second-order valence-electron chi connectivity index (χ2n) is 5.22. The molecule has 118 valence electrons. The summed E-state index contributed by atoms with van der Waals surface area (Å²) >= 11 is 3.11. The average molecular weight is 367 g/mol. The van der Waals surface area contributed by atoms with E-state index in [2.05, 4.69) is 26.0 Å².